The zero-order valence-electron chi connectivity index (χ0n) is 16.2. The monoisotopic (exact) mass is 445 g/mol. The topological polar surface area (TPSA) is 44.7 Å². The summed E-state index contributed by atoms with van der Waals surface area (Å²) in [6.07, 6.45) is 3.15. The van der Waals surface area contributed by atoms with Gasteiger partial charge in [0.1, 0.15) is 12.4 Å². The van der Waals surface area contributed by atoms with Crippen LogP contribution in [-0.4, -0.2) is 29.7 Å². The summed E-state index contributed by atoms with van der Waals surface area (Å²) in [7, 11) is 0. The summed E-state index contributed by atoms with van der Waals surface area (Å²) in [4.78, 5) is 12.5. The summed E-state index contributed by atoms with van der Waals surface area (Å²) in [5.41, 5.74) is 2.43. The standard InChI is InChI=1S/C22H25BrFN3O/c1-3-4-13-22(2)15-27(26-21(22)16-5-9-18(24)10-6-16)14-20(28)25-19-11-7-17(23)8-12-19/h5-12H,3-4,13-15H2,1-2H3,(H,25,28). The van der Waals surface area contributed by atoms with E-state index in [0.717, 1.165) is 40.7 Å². The minimum Gasteiger partial charge on any atom is -0.324 e. The SMILES string of the molecule is CCCCC1(C)CN(CC(=O)Nc2ccc(Br)cc2)N=C1c1ccc(F)cc1. The second-order valence-corrected chi connectivity index (χ2v) is 8.41. The maximum atomic E-state index is 13.3. The van der Waals surface area contributed by atoms with Gasteiger partial charge in [-0.05, 0) is 48.4 Å². The Balaban J connectivity index is 1.74. The van der Waals surface area contributed by atoms with Crippen LogP contribution in [-0.2, 0) is 4.79 Å². The molecule has 0 saturated carbocycles. The molecule has 28 heavy (non-hydrogen) atoms. The number of carbonyl (C=O) groups is 1. The van der Waals surface area contributed by atoms with Crippen molar-refractivity contribution in [2.24, 2.45) is 10.5 Å². The second-order valence-electron chi connectivity index (χ2n) is 7.50. The molecule has 0 radical (unpaired) electrons. The van der Waals surface area contributed by atoms with Crippen LogP contribution in [0.15, 0.2) is 58.1 Å². The van der Waals surface area contributed by atoms with Gasteiger partial charge >= 0.3 is 0 Å². The highest BCUT2D eigenvalue weighted by Crippen LogP contribution is 2.35. The van der Waals surface area contributed by atoms with Crippen LogP contribution in [0.5, 0.6) is 0 Å². The molecule has 0 saturated heterocycles. The van der Waals surface area contributed by atoms with E-state index in [0.29, 0.717) is 6.54 Å². The third-order valence-electron chi connectivity index (χ3n) is 5.00. The van der Waals surface area contributed by atoms with Gasteiger partial charge < -0.3 is 5.32 Å². The maximum Gasteiger partial charge on any atom is 0.245 e. The molecule has 1 aliphatic heterocycles. The van der Waals surface area contributed by atoms with E-state index >= 15 is 0 Å². The number of hydrogen-bond donors (Lipinski definition) is 1. The third kappa shape index (κ3) is 4.98. The maximum absolute atomic E-state index is 13.3. The molecule has 0 aliphatic carbocycles. The first-order chi connectivity index (χ1) is 13.4. The number of benzene rings is 2. The smallest absolute Gasteiger partial charge is 0.245 e. The first-order valence-corrected chi connectivity index (χ1v) is 10.3. The average Bonchev–Trinajstić information content (AvgIpc) is 2.99. The number of hydrazone groups is 1. The van der Waals surface area contributed by atoms with Crippen molar-refractivity contribution in [2.75, 3.05) is 18.4 Å². The molecule has 1 aliphatic rings. The Labute approximate surface area is 174 Å². The lowest BCUT2D eigenvalue weighted by atomic mass is 9.78. The van der Waals surface area contributed by atoms with Gasteiger partial charge in [-0.15, -0.1) is 0 Å². The molecular formula is C22H25BrFN3O. The van der Waals surface area contributed by atoms with Crippen LogP contribution in [0.4, 0.5) is 10.1 Å². The molecule has 6 heteroatoms. The lowest BCUT2D eigenvalue weighted by Crippen LogP contribution is -2.34. The van der Waals surface area contributed by atoms with E-state index in [-0.39, 0.29) is 23.7 Å². The summed E-state index contributed by atoms with van der Waals surface area (Å²) in [5, 5.41) is 9.48. The first kappa shape index (κ1) is 20.5. The van der Waals surface area contributed by atoms with Crippen LogP contribution in [0.1, 0.15) is 38.7 Å². The van der Waals surface area contributed by atoms with Crippen molar-refractivity contribution in [1.82, 2.24) is 5.01 Å². The van der Waals surface area contributed by atoms with Gasteiger partial charge in [-0.25, -0.2) is 4.39 Å². The van der Waals surface area contributed by atoms with Gasteiger partial charge in [0.2, 0.25) is 5.91 Å². The highest BCUT2D eigenvalue weighted by Gasteiger charge is 2.39. The van der Waals surface area contributed by atoms with Crippen molar-refractivity contribution >= 4 is 33.2 Å². The molecule has 2 aromatic carbocycles. The summed E-state index contributed by atoms with van der Waals surface area (Å²) in [6, 6.07) is 13.9. The van der Waals surface area contributed by atoms with Crippen LogP contribution in [0.2, 0.25) is 0 Å². The predicted octanol–water partition coefficient (Wildman–Crippen LogP) is 5.44. The zero-order valence-corrected chi connectivity index (χ0v) is 17.8. The first-order valence-electron chi connectivity index (χ1n) is 9.55. The van der Waals surface area contributed by atoms with Crippen LogP contribution < -0.4 is 5.32 Å². The van der Waals surface area contributed by atoms with Gasteiger partial charge in [0, 0.05) is 22.1 Å². The van der Waals surface area contributed by atoms with Gasteiger partial charge in [-0.1, -0.05) is 54.8 Å². The summed E-state index contributed by atoms with van der Waals surface area (Å²) < 4.78 is 14.3. The Morgan fingerprint density at radius 3 is 2.54 bits per heavy atom. The number of hydrogen-bond acceptors (Lipinski definition) is 3. The minimum absolute atomic E-state index is 0.107. The molecule has 1 amide bonds. The van der Waals surface area contributed by atoms with Crippen LogP contribution in [0.25, 0.3) is 0 Å². The van der Waals surface area contributed by atoms with Gasteiger partial charge in [-0.2, -0.15) is 5.10 Å². The second kappa shape index (κ2) is 8.86. The van der Waals surface area contributed by atoms with Crippen LogP contribution in [0, 0.1) is 11.2 Å². The molecule has 3 rings (SSSR count). The lowest BCUT2D eigenvalue weighted by Gasteiger charge is -2.26. The van der Waals surface area contributed by atoms with Crippen molar-refractivity contribution < 1.29 is 9.18 Å². The Morgan fingerprint density at radius 2 is 1.89 bits per heavy atom. The number of anilines is 1. The van der Waals surface area contributed by atoms with E-state index < -0.39 is 0 Å². The van der Waals surface area contributed by atoms with E-state index in [1.165, 1.54) is 12.1 Å². The fourth-order valence-electron chi connectivity index (χ4n) is 3.54. The summed E-state index contributed by atoms with van der Waals surface area (Å²) in [6.45, 7) is 5.20. The average molecular weight is 446 g/mol. The van der Waals surface area contributed by atoms with E-state index in [1.807, 2.05) is 29.3 Å². The number of halogens is 2. The molecule has 0 fully saturated rings. The fourth-order valence-corrected chi connectivity index (χ4v) is 3.81. The third-order valence-corrected chi connectivity index (χ3v) is 5.53. The lowest BCUT2D eigenvalue weighted by molar-refractivity contribution is -0.117. The molecule has 148 valence electrons. The van der Waals surface area contributed by atoms with E-state index in [2.05, 4.69) is 35.1 Å². The minimum atomic E-state index is -0.261. The van der Waals surface area contributed by atoms with E-state index in [1.54, 1.807) is 12.1 Å². The number of amides is 1. The molecule has 1 unspecified atom stereocenters. The Kier molecular flexibility index (Phi) is 6.50. The zero-order chi connectivity index (χ0) is 20.1. The van der Waals surface area contributed by atoms with Crippen molar-refractivity contribution in [1.29, 1.82) is 0 Å². The quantitative estimate of drug-likeness (QED) is 0.616. The molecule has 0 aromatic heterocycles. The number of nitrogens with one attached hydrogen (secondary N) is 1. The Morgan fingerprint density at radius 1 is 1.21 bits per heavy atom. The molecule has 1 heterocycles. The highest BCUT2D eigenvalue weighted by molar-refractivity contribution is 9.10. The summed E-state index contributed by atoms with van der Waals surface area (Å²) >= 11 is 3.39. The van der Waals surface area contributed by atoms with E-state index in [9.17, 15) is 9.18 Å². The van der Waals surface area contributed by atoms with Crippen molar-refractivity contribution in [3.05, 3.63) is 64.4 Å². The molecule has 1 atom stereocenters. The predicted molar refractivity (Wildman–Crippen MR) is 115 cm³/mol. The number of unbranched alkanes of at least 4 members (excludes halogenated alkanes) is 1. The molecule has 2 aromatic rings. The van der Waals surface area contributed by atoms with Gasteiger partial charge in [-0.3, -0.25) is 9.80 Å². The van der Waals surface area contributed by atoms with E-state index in [4.69, 9.17) is 5.10 Å². The number of nitrogens with zero attached hydrogens (tertiary/aromatic N) is 2. The Bertz CT molecular complexity index is 851. The van der Waals surface area contributed by atoms with Crippen molar-refractivity contribution in [3.63, 3.8) is 0 Å². The van der Waals surface area contributed by atoms with Gasteiger partial charge in [0.25, 0.3) is 0 Å². The summed E-state index contributed by atoms with van der Waals surface area (Å²) in [5.74, 6) is -0.368. The molecular weight excluding hydrogens is 421 g/mol. The normalized spacial score (nSPS) is 18.9. The van der Waals surface area contributed by atoms with Gasteiger partial charge in [0.05, 0.1) is 5.71 Å². The van der Waals surface area contributed by atoms with Crippen LogP contribution in [0.3, 0.4) is 0 Å². The fraction of sp³-hybridized carbons (Fsp3) is 0.364. The van der Waals surface area contributed by atoms with Crippen LogP contribution >= 0.6 is 15.9 Å². The Hall–Kier alpha value is -2.21. The van der Waals surface area contributed by atoms with Crippen molar-refractivity contribution in [3.8, 4) is 0 Å². The van der Waals surface area contributed by atoms with Gasteiger partial charge in [0.15, 0.2) is 0 Å². The van der Waals surface area contributed by atoms with Crippen molar-refractivity contribution in [2.45, 2.75) is 33.1 Å². The number of rotatable bonds is 7. The number of carbonyl (C=O) groups excluding carboxylic acids is 1. The highest BCUT2D eigenvalue weighted by atomic mass is 79.9. The molecule has 1 N–H and O–H groups in total. The molecule has 0 bridgehead atoms. The molecule has 4 nitrogen and oxygen atoms in total. The molecule has 0 spiro atoms. The largest absolute Gasteiger partial charge is 0.324 e.